The molecule has 9 nitrogen and oxygen atoms in total. The van der Waals surface area contributed by atoms with Gasteiger partial charge in [0.05, 0.1) is 19.1 Å². The Morgan fingerprint density at radius 1 is 1.12 bits per heavy atom. The first kappa shape index (κ1) is 29.9. The lowest BCUT2D eigenvalue weighted by atomic mass is 9.83. The molecule has 0 spiro atoms. The molecule has 2 aliphatic rings. The topological polar surface area (TPSA) is 99.1 Å². The van der Waals surface area contributed by atoms with E-state index in [2.05, 4.69) is 46.9 Å². The third-order valence-corrected chi connectivity index (χ3v) is 8.27. The second-order valence-electron chi connectivity index (χ2n) is 11.4. The van der Waals surface area contributed by atoms with Gasteiger partial charge in [-0.05, 0) is 76.0 Å². The summed E-state index contributed by atoms with van der Waals surface area (Å²) in [6.07, 6.45) is 9.32. The highest BCUT2D eigenvalue weighted by Gasteiger charge is 2.47. The van der Waals surface area contributed by atoms with Gasteiger partial charge in [0.25, 0.3) is 0 Å². The first-order valence-electron chi connectivity index (χ1n) is 14.8. The largest absolute Gasteiger partial charge is 0.493 e. The highest BCUT2D eigenvalue weighted by molar-refractivity contribution is 5.79. The lowest BCUT2D eigenvalue weighted by Crippen LogP contribution is -2.45. The van der Waals surface area contributed by atoms with Crippen LogP contribution in [-0.2, 0) is 22.4 Å². The van der Waals surface area contributed by atoms with Crippen LogP contribution in [0.15, 0.2) is 36.8 Å². The van der Waals surface area contributed by atoms with Crippen molar-refractivity contribution in [2.24, 2.45) is 5.92 Å². The molecule has 4 rings (SSSR count). The predicted octanol–water partition coefficient (Wildman–Crippen LogP) is 3.48. The lowest BCUT2D eigenvalue weighted by Gasteiger charge is -2.30. The molecule has 3 atom stereocenters. The summed E-state index contributed by atoms with van der Waals surface area (Å²) >= 11 is 0. The highest BCUT2D eigenvalue weighted by Crippen LogP contribution is 2.41. The maximum Gasteiger partial charge on any atom is 0.308 e. The summed E-state index contributed by atoms with van der Waals surface area (Å²) in [7, 11) is 4.14. The quantitative estimate of drug-likeness (QED) is 0.336. The monoisotopic (exact) mass is 551 g/mol. The van der Waals surface area contributed by atoms with Crippen molar-refractivity contribution in [2.45, 2.75) is 63.8 Å². The van der Waals surface area contributed by atoms with Gasteiger partial charge >= 0.3 is 5.97 Å². The third-order valence-electron chi connectivity index (χ3n) is 8.27. The number of aliphatic carboxylic acids is 1. The number of hydrogen-bond donors (Lipinski definition) is 1. The van der Waals surface area contributed by atoms with Crippen LogP contribution in [0.2, 0.25) is 0 Å². The molecule has 3 heterocycles. The number of ether oxygens (including phenoxy) is 1. The van der Waals surface area contributed by atoms with E-state index in [0.717, 1.165) is 74.3 Å². The predicted molar refractivity (Wildman–Crippen MR) is 154 cm³/mol. The van der Waals surface area contributed by atoms with Gasteiger partial charge in [0.15, 0.2) is 0 Å². The van der Waals surface area contributed by atoms with Crippen LogP contribution in [0.3, 0.4) is 0 Å². The summed E-state index contributed by atoms with van der Waals surface area (Å²) in [5.41, 5.74) is 3.04. The van der Waals surface area contributed by atoms with Crippen LogP contribution in [0.25, 0.3) is 0 Å². The number of carboxylic acid groups (broad SMARTS) is 1. The van der Waals surface area contributed by atoms with E-state index < -0.39 is 11.9 Å². The van der Waals surface area contributed by atoms with E-state index in [0.29, 0.717) is 26.0 Å². The number of carbonyl (C=O) groups is 2. The van der Waals surface area contributed by atoms with E-state index in [9.17, 15) is 14.7 Å². The molecule has 0 aliphatic carbocycles. The number of carbonyl (C=O) groups excluding carboxylic acids is 1. The third kappa shape index (κ3) is 7.79. The number of unbranched alkanes of at least 4 members (excludes halogenated alkanes) is 2. The van der Waals surface area contributed by atoms with Crippen LogP contribution in [0.4, 0.5) is 0 Å². The van der Waals surface area contributed by atoms with E-state index in [4.69, 9.17) is 4.74 Å². The number of likely N-dealkylation sites (tertiary alicyclic amines) is 1. The van der Waals surface area contributed by atoms with Crippen molar-refractivity contribution in [3.63, 3.8) is 0 Å². The Bertz CT molecular complexity index is 1110. The first-order chi connectivity index (χ1) is 19.4. The molecule has 1 aromatic carbocycles. The van der Waals surface area contributed by atoms with Gasteiger partial charge in [0, 0.05) is 49.9 Å². The fraction of sp³-hybridized carbons (Fsp3) is 0.613. The fourth-order valence-corrected chi connectivity index (χ4v) is 6.10. The van der Waals surface area contributed by atoms with Crippen molar-refractivity contribution in [2.75, 3.05) is 53.4 Å². The van der Waals surface area contributed by atoms with E-state index in [1.165, 1.54) is 6.33 Å². The van der Waals surface area contributed by atoms with E-state index in [1.54, 1.807) is 6.20 Å². The summed E-state index contributed by atoms with van der Waals surface area (Å²) in [6.45, 7) is 6.06. The Labute approximate surface area is 238 Å². The Balaban J connectivity index is 1.54. The second-order valence-corrected chi connectivity index (χ2v) is 11.4. The maximum atomic E-state index is 13.7. The molecule has 1 N–H and O–H groups in total. The fourth-order valence-electron chi connectivity index (χ4n) is 6.10. The SMILES string of the molecule is CCCCN(CCCCN(C)C)C(=O)CN1CC(c2ccc3c(c2)CCO3)C(C(=O)O)C1CCc1ccncn1. The molecule has 3 unspecified atom stereocenters. The average Bonchev–Trinajstić information content (AvgIpc) is 3.56. The van der Waals surface area contributed by atoms with E-state index >= 15 is 0 Å². The lowest BCUT2D eigenvalue weighted by molar-refractivity contribution is -0.143. The molecule has 0 saturated carbocycles. The number of nitrogens with zero attached hydrogens (tertiary/aromatic N) is 5. The Kier molecular flexibility index (Phi) is 10.9. The van der Waals surface area contributed by atoms with Crippen LogP contribution in [0.5, 0.6) is 5.75 Å². The molecule has 1 amide bonds. The average molecular weight is 552 g/mol. The zero-order valence-corrected chi connectivity index (χ0v) is 24.3. The van der Waals surface area contributed by atoms with Crippen LogP contribution in [0.1, 0.15) is 61.8 Å². The number of aromatic nitrogens is 2. The molecule has 218 valence electrons. The minimum atomic E-state index is -0.809. The summed E-state index contributed by atoms with van der Waals surface area (Å²) in [5.74, 6) is -0.634. The zero-order valence-electron chi connectivity index (χ0n) is 24.3. The molecular formula is C31H45N5O4. The molecule has 0 radical (unpaired) electrons. The van der Waals surface area contributed by atoms with Crippen molar-refractivity contribution in [3.05, 3.63) is 53.6 Å². The van der Waals surface area contributed by atoms with Crippen molar-refractivity contribution in [1.29, 1.82) is 0 Å². The summed E-state index contributed by atoms with van der Waals surface area (Å²) in [6, 6.07) is 7.70. The Morgan fingerprint density at radius 3 is 2.65 bits per heavy atom. The molecular weight excluding hydrogens is 506 g/mol. The van der Waals surface area contributed by atoms with Gasteiger partial charge in [-0.3, -0.25) is 14.5 Å². The van der Waals surface area contributed by atoms with Crippen molar-refractivity contribution in [1.82, 2.24) is 24.7 Å². The summed E-state index contributed by atoms with van der Waals surface area (Å²) < 4.78 is 5.69. The van der Waals surface area contributed by atoms with Crippen molar-refractivity contribution in [3.8, 4) is 5.75 Å². The Morgan fingerprint density at radius 2 is 1.93 bits per heavy atom. The smallest absolute Gasteiger partial charge is 0.308 e. The summed E-state index contributed by atoms with van der Waals surface area (Å²) in [5, 5.41) is 10.5. The minimum absolute atomic E-state index is 0.0949. The van der Waals surface area contributed by atoms with Crippen LogP contribution in [0, 0.1) is 5.92 Å². The maximum absolute atomic E-state index is 13.7. The Hall–Kier alpha value is -3.04. The normalized spacial score (nSPS) is 20.4. The minimum Gasteiger partial charge on any atom is -0.493 e. The molecule has 2 aromatic rings. The number of fused-ring (bicyclic) bond motifs is 1. The van der Waals surface area contributed by atoms with Gasteiger partial charge in [0.1, 0.15) is 12.1 Å². The number of carboxylic acids is 1. The molecule has 40 heavy (non-hydrogen) atoms. The molecule has 1 saturated heterocycles. The summed E-state index contributed by atoms with van der Waals surface area (Å²) in [4.78, 5) is 41.2. The zero-order chi connectivity index (χ0) is 28.5. The van der Waals surface area contributed by atoms with Crippen LogP contribution < -0.4 is 4.74 Å². The number of hydrogen-bond acceptors (Lipinski definition) is 7. The first-order valence-corrected chi connectivity index (χ1v) is 14.8. The van der Waals surface area contributed by atoms with Gasteiger partial charge in [-0.25, -0.2) is 9.97 Å². The van der Waals surface area contributed by atoms with Gasteiger partial charge in [-0.15, -0.1) is 0 Å². The van der Waals surface area contributed by atoms with E-state index in [1.807, 2.05) is 23.1 Å². The number of benzene rings is 1. The van der Waals surface area contributed by atoms with Crippen LogP contribution in [-0.4, -0.2) is 101 Å². The van der Waals surface area contributed by atoms with Gasteiger partial charge in [0.2, 0.25) is 5.91 Å². The van der Waals surface area contributed by atoms with Gasteiger partial charge < -0.3 is 19.6 Å². The standard InChI is InChI=1S/C31H45N5O4/c1-4-5-16-35(17-7-6-15-34(2)3)29(37)21-36-20-26(23-8-11-28-24(19-23)13-18-40-28)30(31(38)39)27(36)10-9-25-12-14-32-22-33-25/h8,11-12,14,19,22,26-27,30H,4-7,9-10,13,15-18,20-21H2,1-3H3,(H,38,39). The number of amides is 1. The molecule has 9 heteroatoms. The molecule has 2 aliphatic heterocycles. The van der Waals surface area contributed by atoms with E-state index in [-0.39, 0.29) is 24.4 Å². The highest BCUT2D eigenvalue weighted by atomic mass is 16.5. The van der Waals surface area contributed by atoms with Crippen molar-refractivity contribution < 1.29 is 19.4 Å². The molecule has 1 fully saturated rings. The number of rotatable bonds is 15. The van der Waals surface area contributed by atoms with Crippen molar-refractivity contribution >= 4 is 11.9 Å². The van der Waals surface area contributed by atoms with Crippen LogP contribution >= 0.6 is 0 Å². The molecule has 1 aromatic heterocycles. The second kappa shape index (κ2) is 14.6. The molecule has 0 bridgehead atoms. The number of aryl methyl sites for hydroxylation is 1. The van der Waals surface area contributed by atoms with Gasteiger partial charge in [-0.1, -0.05) is 25.5 Å². The van der Waals surface area contributed by atoms with Gasteiger partial charge in [-0.2, -0.15) is 0 Å².